The molecule has 0 unspecified atom stereocenters. The first-order valence-corrected chi connectivity index (χ1v) is 9.06. The first-order valence-electron chi connectivity index (χ1n) is 9.06. The Morgan fingerprint density at radius 3 is 2.59 bits per heavy atom. The van der Waals surface area contributed by atoms with Crippen LogP contribution in [0.3, 0.4) is 0 Å². The van der Waals surface area contributed by atoms with Crippen LogP contribution in [-0.2, 0) is 23.9 Å². The van der Waals surface area contributed by atoms with Crippen molar-refractivity contribution in [1.82, 2.24) is 5.32 Å². The van der Waals surface area contributed by atoms with Crippen LogP contribution in [-0.4, -0.2) is 42.4 Å². The smallest absolute Gasteiger partial charge is 0.332 e. The molecule has 0 aromatic heterocycles. The summed E-state index contributed by atoms with van der Waals surface area (Å²) in [4.78, 5) is 49.9. The number of amides is 3. The lowest BCUT2D eigenvalue weighted by Crippen LogP contribution is -2.56. The number of benzene rings is 1. The number of hydrogen-bond donors (Lipinski definition) is 2. The lowest BCUT2D eigenvalue weighted by Gasteiger charge is -2.35. The van der Waals surface area contributed by atoms with Gasteiger partial charge in [-0.1, -0.05) is 31.4 Å². The molecular weight excluding hydrogens is 350 g/mol. The minimum atomic E-state index is -1.07. The second-order valence-electron chi connectivity index (χ2n) is 6.95. The zero-order valence-corrected chi connectivity index (χ0v) is 15.2. The zero-order valence-electron chi connectivity index (χ0n) is 15.2. The Morgan fingerprint density at radius 2 is 1.89 bits per heavy atom. The molecule has 0 saturated heterocycles. The van der Waals surface area contributed by atoms with E-state index >= 15 is 0 Å². The Balaban J connectivity index is 1.69. The van der Waals surface area contributed by atoms with E-state index in [1.54, 1.807) is 24.3 Å². The number of ether oxygens (including phenoxy) is 1. The van der Waals surface area contributed by atoms with Gasteiger partial charge in [-0.25, -0.2) is 4.79 Å². The van der Waals surface area contributed by atoms with Crippen LogP contribution in [0.1, 0.15) is 39.0 Å². The van der Waals surface area contributed by atoms with Crippen molar-refractivity contribution in [3.05, 3.63) is 24.3 Å². The maximum absolute atomic E-state index is 12.7. The SMILES string of the molecule is CC(=O)NC1(C(=O)OCC(=O)N2CC(=O)Nc3ccccc32)CCCCC1. The quantitative estimate of drug-likeness (QED) is 0.776. The number of para-hydroxylation sites is 2. The van der Waals surface area contributed by atoms with Gasteiger partial charge in [-0.15, -0.1) is 0 Å². The summed E-state index contributed by atoms with van der Waals surface area (Å²) in [7, 11) is 0. The molecular formula is C19H23N3O5. The van der Waals surface area contributed by atoms with E-state index in [-0.39, 0.29) is 18.4 Å². The van der Waals surface area contributed by atoms with E-state index in [2.05, 4.69) is 10.6 Å². The van der Waals surface area contributed by atoms with Crippen molar-refractivity contribution in [1.29, 1.82) is 0 Å². The lowest BCUT2D eigenvalue weighted by molar-refractivity contribution is -0.157. The molecule has 0 atom stereocenters. The Labute approximate surface area is 157 Å². The third kappa shape index (κ3) is 4.10. The molecule has 0 spiro atoms. The molecule has 8 nitrogen and oxygen atoms in total. The van der Waals surface area contributed by atoms with Gasteiger partial charge >= 0.3 is 5.97 Å². The van der Waals surface area contributed by atoms with E-state index in [1.807, 2.05) is 0 Å². The molecule has 1 aliphatic heterocycles. The van der Waals surface area contributed by atoms with Gasteiger partial charge in [0.05, 0.1) is 11.4 Å². The van der Waals surface area contributed by atoms with Crippen molar-refractivity contribution < 1.29 is 23.9 Å². The summed E-state index contributed by atoms with van der Waals surface area (Å²) in [6, 6.07) is 6.94. The van der Waals surface area contributed by atoms with Gasteiger partial charge < -0.3 is 15.4 Å². The molecule has 144 valence electrons. The molecule has 0 radical (unpaired) electrons. The molecule has 1 aromatic rings. The maximum Gasteiger partial charge on any atom is 0.332 e. The van der Waals surface area contributed by atoms with Crippen LogP contribution in [0.15, 0.2) is 24.3 Å². The van der Waals surface area contributed by atoms with Crippen LogP contribution >= 0.6 is 0 Å². The van der Waals surface area contributed by atoms with Crippen LogP contribution in [0.2, 0.25) is 0 Å². The Hall–Kier alpha value is -2.90. The molecule has 1 heterocycles. The number of anilines is 2. The van der Waals surface area contributed by atoms with Crippen LogP contribution in [0.4, 0.5) is 11.4 Å². The number of carbonyl (C=O) groups excluding carboxylic acids is 4. The highest BCUT2D eigenvalue weighted by atomic mass is 16.5. The molecule has 2 N–H and O–H groups in total. The predicted molar refractivity (Wildman–Crippen MR) is 98.0 cm³/mol. The monoisotopic (exact) mass is 373 g/mol. The standard InChI is InChI=1S/C19H23N3O5/c1-13(23)21-19(9-5-2-6-10-19)18(26)27-12-17(25)22-11-16(24)20-14-7-3-4-8-15(14)22/h3-4,7-8H,2,5-6,9-12H2,1H3,(H,20,24)(H,21,23). The van der Waals surface area contributed by atoms with Gasteiger partial charge in [0.25, 0.3) is 5.91 Å². The Morgan fingerprint density at radius 1 is 1.19 bits per heavy atom. The van der Waals surface area contributed by atoms with Gasteiger partial charge in [0.15, 0.2) is 6.61 Å². The van der Waals surface area contributed by atoms with Gasteiger partial charge in [-0.2, -0.15) is 0 Å². The normalized spacial score (nSPS) is 18.1. The summed E-state index contributed by atoms with van der Waals surface area (Å²) < 4.78 is 5.27. The average molecular weight is 373 g/mol. The lowest BCUT2D eigenvalue weighted by atomic mass is 9.81. The summed E-state index contributed by atoms with van der Waals surface area (Å²) in [6.07, 6.45) is 3.60. The van der Waals surface area contributed by atoms with E-state index < -0.39 is 24.0 Å². The van der Waals surface area contributed by atoms with Crippen LogP contribution in [0.25, 0.3) is 0 Å². The summed E-state index contributed by atoms with van der Waals surface area (Å²) in [5.74, 6) is -1.70. The van der Waals surface area contributed by atoms with Crippen molar-refractivity contribution in [3.63, 3.8) is 0 Å². The molecule has 3 rings (SSSR count). The van der Waals surface area contributed by atoms with Gasteiger partial charge in [-0.05, 0) is 25.0 Å². The third-order valence-corrected chi connectivity index (χ3v) is 4.91. The zero-order chi connectivity index (χ0) is 19.4. The van der Waals surface area contributed by atoms with Gasteiger partial charge in [-0.3, -0.25) is 19.3 Å². The molecule has 1 aliphatic carbocycles. The van der Waals surface area contributed by atoms with Crippen LogP contribution < -0.4 is 15.5 Å². The molecule has 1 saturated carbocycles. The van der Waals surface area contributed by atoms with E-state index in [4.69, 9.17) is 4.74 Å². The molecule has 3 amide bonds. The largest absolute Gasteiger partial charge is 0.454 e. The summed E-state index contributed by atoms with van der Waals surface area (Å²) in [5.41, 5.74) is 0.0319. The van der Waals surface area contributed by atoms with Gasteiger partial charge in [0.1, 0.15) is 12.1 Å². The number of hydrogen-bond acceptors (Lipinski definition) is 5. The van der Waals surface area contributed by atoms with Crippen LogP contribution in [0, 0.1) is 0 Å². The summed E-state index contributed by atoms with van der Waals surface area (Å²) in [6.45, 7) is 0.740. The number of esters is 1. The fourth-order valence-corrected chi connectivity index (χ4v) is 3.67. The summed E-state index contributed by atoms with van der Waals surface area (Å²) in [5, 5.41) is 5.42. The first kappa shape index (κ1) is 18.9. The predicted octanol–water partition coefficient (Wildman–Crippen LogP) is 1.35. The highest BCUT2D eigenvalue weighted by Gasteiger charge is 2.42. The number of fused-ring (bicyclic) bond motifs is 1. The summed E-state index contributed by atoms with van der Waals surface area (Å²) >= 11 is 0. The highest BCUT2D eigenvalue weighted by Crippen LogP contribution is 2.31. The second-order valence-corrected chi connectivity index (χ2v) is 6.95. The van der Waals surface area contributed by atoms with Crippen molar-refractivity contribution in [2.24, 2.45) is 0 Å². The number of nitrogens with zero attached hydrogens (tertiary/aromatic N) is 1. The van der Waals surface area contributed by atoms with Crippen molar-refractivity contribution >= 4 is 35.1 Å². The Kier molecular flexibility index (Phi) is 5.43. The number of nitrogens with one attached hydrogen (secondary N) is 2. The molecule has 1 aromatic carbocycles. The number of rotatable bonds is 4. The fraction of sp³-hybridized carbons (Fsp3) is 0.474. The maximum atomic E-state index is 12.7. The van der Waals surface area contributed by atoms with E-state index in [9.17, 15) is 19.2 Å². The highest BCUT2D eigenvalue weighted by molar-refractivity contribution is 6.10. The molecule has 1 fully saturated rings. The van der Waals surface area contributed by atoms with E-state index in [1.165, 1.54) is 11.8 Å². The third-order valence-electron chi connectivity index (χ3n) is 4.91. The van der Waals surface area contributed by atoms with Crippen LogP contribution in [0.5, 0.6) is 0 Å². The average Bonchev–Trinajstić information content (AvgIpc) is 2.65. The first-order chi connectivity index (χ1) is 12.9. The minimum absolute atomic E-state index is 0.135. The second kappa shape index (κ2) is 7.77. The van der Waals surface area contributed by atoms with Gasteiger partial charge in [0, 0.05) is 6.92 Å². The van der Waals surface area contributed by atoms with Gasteiger partial charge in [0.2, 0.25) is 11.8 Å². The van der Waals surface area contributed by atoms with E-state index in [0.717, 1.165) is 19.3 Å². The Bertz CT molecular complexity index is 770. The van der Waals surface area contributed by atoms with Crippen molar-refractivity contribution in [2.45, 2.75) is 44.6 Å². The molecule has 0 bridgehead atoms. The van der Waals surface area contributed by atoms with Crippen molar-refractivity contribution in [2.75, 3.05) is 23.4 Å². The molecule has 2 aliphatic rings. The molecule has 8 heteroatoms. The van der Waals surface area contributed by atoms with Crippen molar-refractivity contribution in [3.8, 4) is 0 Å². The minimum Gasteiger partial charge on any atom is -0.454 e. The molecule has 27 heavy (non-hydrogen) atoms. The topological polar surface area (TPSA) is 105 Å². The van der Waals surface area contributed by atoms with E-state index in [0.29, 0.717) is 24.2 Å². The fourth-order valence-electron chi connectivity index (χ4n) is 3.67. The number of carbonyl (C=O) groups is 4.